The van der Waals surface area contributed by atoms with Gasteiger partial charge >= 0.3 is 0 Å². The van der Waals surface area contributed by atoms with Crippen LogP contribution in [-0.2, 0) is 5.54 Å². The van der Waals surface area contributed by atoms with E-state index in [2.05, 4.69) is 10.1 Å². The summed E-state index contributed by atoms with van der Waals surface area (Å²) in [5.74, 6) is 1.76. The third-order valence-corrected chi connectivity index (χ3v) is 2.99. The summed E-state index contributed by atoms with van der Waals surface area (Å²) in [6.45, 7) is 0. The zero-order chi connectivity index (χ0) is 11.9. The van der Waals surface area contributed by atoms with E-state index in [0.717, 1.165) is 24.2 Å². The zero-order valence-corrected chi connectivity index (χ0v) is 9.51. The van der Waals surface area contributed by atoms with E-state index in [1.54, 1.807) is 7.11 Å². The molecule has 0 bridgehead atoms. The van der Waals surface area contributed by atoms with E-state index in [1.807, 2.05) is 24.3 Å². The average molecular weight is 231 g/mol. The maximum Gasteiger partial charge on any atom is 0.247 e. The van der Waals surface area contributed by atoms with Crippen molar-refractivity contribution in [3.63, 3.8) is 0 Å². The average Bonchev–Trinajstić information content (AvgIpc) is 2.94. The molecule has 0 amide bonds. The number of para-hydroxylation sites is 1. The van der Waals surface area contributed by atoms with Crippen molar-refractivity contribution in [1.29, 1.82) is 0 Å². The van der Waals surface area contributed by atoms with E-state index in [0.29, 0.717) is 11.7 Å². The van der Waals surface area contributed by atoms with Gasteiger partial charge in [-0.05, 0) is 25.0 Å². The second-order valence-electron chi connectivity index (χ2n) is 4.28. The molecular formula is C12H13N3O2. The van der Waals surface area contributed by atoms with Crippen molar-refractivity contribution >= 4 is 0 Å². The van der Waals surface area contributed by atoms with Crippen LogP contribution >= 0.6 is 0 Å². The lowest BCUT2D eigenvalue weighted by molar-refractivity contribution is 0.348. The largest absolute Gasteiger partial charge is 0.496 e. The summed E-state index contributed by atoms with van der Waals surface area (Å²) < 4.78 is 10.5. The molecular weight excluding hydrogens is 218 g/mol. The van der Waals surface area contributed by atoms with Crippen LogP contribution in [0.25, 0.3) is 11.4 Å². The van der Waals surface area contributed by atoms with E-state index < -0.39 is 5.54 Å². The van der Waals surface area contributed by atoms with Crippen LogP contribution in [0.15, 0.2) is 28.8 Å². The Morgan fingerprint density at radius 2 is 2.12 bits per heavy atom. The number of hydrogen-bond donors (Lipinski definition) is 1. The van der Waals surface area contributed by atoms with Gasteiger partial charge in [-0.2, -0.15) is 4.98 Å². The zero-order valence-electron chi connectivity index (χ0n) is 9.51. The molecule has 1 saturated carbocycles. The van der Waals surface area contributed by atoms with Crippen LogP contribution in [-0.4, -0.2) is 17.3 Å². The molecule has 1 aliphatic carbocycles. The Bertz CT molecular complexity index is 546. The molecule has 1 fully saturated rings. The summed E-state index contributed by atoms with van der Waals surface area (Å²) in [6.07, 6.45) is 1.81. The number of rotatable bonds is 3. The first-order valence-electron chi connectivity index (χ1n) is 5.49. The van der Waals surface area contributed by atoms with Gasteiger partial charge in [0.25, 0.3) is 0 Å². The quantitative estimate of drug-likeness (QED) is 0.870. The van der Waals surface area contributed by atoms with Gasteiger partial charge in [-0.15, -0.1) is 0 Å². The highest BCUT2D eigenvalue weighted by Crippen LogP contribution is 2.42. The van der Waals surface area contributed by atoms with Gasteiger partial charge in [-0.1, -0.05) is 17.3 Å². The van der Waals surface area contributed by atoms with Crippen LogP contribution in [0.4, 0.5) is 0 Å². The smallest absolute Gasteiger partial charge is 0.247 e. The minimum Gasteiger partial charge on any atom is -0.496 e. The van der Waals surface area contributed by atoms with Crippen LogP contribution < -0.4 is 10.5 Å². The number of nitrogens with two attached hydrogens (primary N) is 1. The minimum atomic E-state index is -0.396. The van der Waals surface area contributed by atoms with E-state index in [1.165, 1.54) is 0 Å². The summed E-state index contributed by atoms with van der Waals surface area (Å²) in [6, 6.07) is 7.56. The maximum absolute atomic E-state index is 6.00. The topological polar surface area (TPSA) is 74.2 Å². The molecule has 1 aliphatic rings. The molecule has 5 nitrogen and oxygen atoms in total. The van der Waals surface area contributed by atoms with Crippen molar-refractivity contribution in [3.05, 3.63) is 30.2 Å². The molecule has 0 unspecified atom stereocenters. The van der Waals surface area contributed by atoms with Gasteiger partial charge in [0.05, 0.1) is 18.2 Å². The second kappa shape index (κ2) is 3.56. The predicted molar refractivity (Wildman–Crippen MR) is 61.4 cm³/mol. The number of aromatic nitrogens is 2. The van der Waals surface area contributed by atoms with E-state index in [-0.39, 0.29) is 0 Å². The van der Waals surface area contributed by atoms with Gasteiger partial charge in [0.15, 0.2) is 0 Å². The van der Waals surface area contributed by atoms with Crippen LogP contribution in [0, 0.1) is 0 Å². The third-order valence-electron chi connectivity index (χ3n) is 2.99. The van der Waals surface area contributed by atoms with Gasteiger partial charge in [0.2, 0.25) is 11.7 Å². The molecule has 0 spiro atoms. The molecule has 3 rings (SSSR count). The van der Waals surface area contributed by atoms with Crippen molar-refractivity contribution in [2.24, 2.45) is 5.73 Å². The predicted octanol–water partition coefficient (Wildman–Crippen LogP) is 1.69. The molecule has 2 N–H and O–H groups in total. The standard InChI is InChI=1S/C12H13N3O2/c1-16-9-5-3-2-4-8(9)10-14-11(17-15-10)12(13)6-7-12/h2-5H,6-7,13H2,1H3. The third kappa shape index (κ3) is 1.68. The van der Waals surface area contributed by atoms with Gasteiger partial charge in [0.1, 0.15) is 5.75 Å². The highest BCUT2D eigenvalue weighted by atomic mass is 16.5. The number of benzene rings is 1. The lowest BCUT2D eigenvalue weighted by atomic mass is 10.2. The highest BCUT2D eigenvalue weighted by Gasteiger charge is 2.45. The Balaban J connectivity index is 2.01. The first kappa shape index (κ1) is 10.3. The number of methoxy groups -OCH3 is 1. The fourth-order valence-electron chi connectivity index (χ4n) is 1.71. The Labute approximate surface area is 98.6 Å². The molecule has 0 aliphatic heterocycles. The van der Waals surface area contributed by atoms with Gasteiger partial charge < -0.3 is 15.0 Å². The van der Waals surface area contributed by atoms with Crippen molar-refractivity contribution in [1.82, 2.24) is 10.1 Å². The van der Waals surface area contributed by atoms with E-state index in [4.69, 9.17) is 15.0 Å². The summed E-state index contributed by atoms with van der Waals surface area (Å²) in [7, 11) is 1.62. The minimum absolute atomic E-state index is 0.396. The maximum atomic E-state index is 6.00. The van der Waals surface area contributed by atoms with Gasteiger partial charge in [-0.3, -0.25) is 0 Å². The molecule has 2 aromatic rings. The summed E-state index contributed by atoms with van der Waals surface area (Å²) in [5, 5.41) is 3.96. The van der Waals surface area contributed by atoms with E-state index >= 15 is 0 Å². The Hall–Kier alpha value is -1.88. The summed E-state index contributed by atoms with van der Waals surface area (Å²) in [4.78, 5) is 4.34. The molecule has 88 valence electrons. The van der Waals surface area contributed by atoms with Crippen LogP contribution in [0.2, 0.25) is 0 Å². The molecule has 17 heavy (non-hydrogen) atoms. The Morgan fingerprint density at radius 3 is 2.82 bits per heavy atom. The van der Waals surface area contributed by atoms with Crippen LogP contribution in [0.1, 0.15) is 18.7 Å². The van der Waals surface area contributed by atoms with Crippen LogP contribution in [0.3, 0.4) is 0 Å². The summed E-state index contributed by atoms with van der Waals surface area (Å²) in [5.41, 5.74) is 6.42. The molecule has 1 heterocycles. The van der Waals surface area contributed by atoms with Crippen LogP contribution in [0.5, 0.6) is 5.75 Å². The van der Waals surface area contributed by atoms with E-state index in [9.17, 15) is 0 Å². The molecule has 0 saturated heterocycles. The molecule has 1 aromatic heterocycles. The first-order chi connectivity index (χ1) is 8.23. The SMILES string of the molecule is COc1ccccc1-c1noc(C2(N)CC2)n1. The lowest BCUT2D eigenvalue weighted by Crippen LogP contribution is -2.18. The second-order valence-corrected chi connectivity index (χ2v) is 4.28. The molecule has 0 atom stereocenters. The molecule has 0 radical (unpaired) electrons. The Kier molecular flexibility index (Phi) is 2.16. The first-order valence-corrected chi connectivity index (χ1v) is 5.49. The number of nitrogens with zero attached hydrogens (tertiary/aromatic N) is 2. The summed E-state index contributed by atoms with van der Waals surface area (Å²) >= 11 is 0. The normalized spacial score (nSPS) is 16.8. The molecule has 5 heteroatoms. The van der Waals surface area contributed by atoms with Crippen molar-refractivity contribution in [3.8, 4) is 17.1 Å². The van der Waals surface area contributed by atoms with Crippen molar-refractivity contribution < 1.29 is 9.26 Å². The van der Waals surface area contributed by atoms with Crippen molar-refractivity contribution in [2.45, 2.75) is 18.4 Å². The van der Waals surface area contributed by atoms with Crippen molar-refractivity contribution in [2.75, 3.05) is 7.11 Å². The highest BCUT2D eigenvalue weighted by molar-refractivity contribution is 5.63. The number of ether oxygens (including phenoxy) is 1. The Morgan fingerprint density at radius 1 is 1.35 bits per heavy atom. The number of hydrogen-bond acceptors (Lipinski definition) is 5. The molecule has 1 aromatic carbocycles. The fourth-order valence-corrected chi connectivity index (χ4v) is 1.71. The van der Waals surface area contributed by atoms with Gasteiger partial charge in [-0.25, -0.2) is 0 Å². The fraction of sp³-hybridized carbons (Fsp3) is 0.333. The van der Waals surface area contributed by atoms with Gasteiger partial charge in [0, 0.05) is 0 Å². The monoisotopic (exact) mass is 231 g/mol. The lowest BCUT2D eigenvalue weighted by Gasteiger charge is -2.03.